The fourth-order valence-electron chi connectivity index (χ4n) is 3.02. The van der Waals surface area contributed by atoms with E-state index in [0.29, 0.717) is 0 Å². The molecule has 0 aromatic heterocycles. The predicted octanol–water partition coefficient (Wildman–Crippen LogP) is 3.74. The topological polar surface area (TPSA) is 0 Å². The Morgan fingerprint density at radius 1 is 1.13 bits per heavy atom. The summed E-state index contributed by atoms with van der Waals surface area (Å²) in [5.74, 6) is 4.31. The summed E-state index contributed by atoms with van der Waals surface area (Å²) in [5, 5.41) is 1.57. The molecule has 4 atom stereocenters. The molecule has 0 spiro atoms. The second kappa shape index (κ2) is 3.76. The van der Waals surface area contributed by atoms with Crippen molar-refractivity contribution >= 4 is 13.2 Å². The average Bonchev–Trinajstić information content (AvgIpc) is 2.83. The number of fused-ring (bicyclic) bond motifs is 1. The van der Waals surface area contributed by atoms with E-state index in [1.54, 1.807) is 5.30 Å². The van der Waals surface area contributed by atoms with Crippen molar-refractivity contribution < 1.29 is 0 Å². The molecule has 1 heteroatoms. The molecule has 0 amide bonds. The molecule has 4 unspecified atom stereocenters. The Morgan fingerprint density at radius 3 is 2.73 bits per heavy atom. The van der Waals surface area contributed by atoms with Crippen molar-refractivity contribution in [3.8, 4) is 0 Å². The minimum Gasteiger partial charge on any atom is -0.0797 e. The predicted molar refractivity (Wildman–Crippen MR) is 67.8 cm³/mol. The lowest BCUT2D eigenvalue weighted by Crippen LogP contribution is -2.13. The van der Waals surface area contributed by atoms with Gasteiger partial charge in [0, 0.05) is 0 Å². The largest absolute Gasteiger partial charge is 0.0797 e. The van der Waals surface area contributed by atoms with Crippen molar-refractivity contribution in [2.45, 2.75) is 25.4 Å². The highest BCUT2D eigenvalue weighted by Crippen LogP contribution is 2.58. The van der Waals surface area contributed by atoms with Gasteiger partial charge >= 0.3 is 0 Å². The molecule has 1 saturated carbocycles. The van der Waals surface area contributed by atoms with Gasteiger partial charge in [-0.05, 0) is 43.6 Å². The van der Waals surface area contributed by atoms with Crippen LogP contribution < -0.4 is 5.30 Å². The summed E-state index contributed by atoms with van der Waals surface area (Å²) in [4.78, 5) is 0. The Balaban J connectivity index is 1.88. The summed E-state index contributed by atoms with van der Waals surface area (Å²) < 4.78 is 0. The first-order chi connectivity index (χ1) is 7.36. The summed E-state index contributed by atoms with van der Waals surface area (Å²) in [6.07, 6.45) is 5.38. The van der Waals surface area contributed by atoms with Crippen LogP contribution >= 0.6 is 7.92 Å². The number of benzene rings is 1. The van der Waals surface area contributed by atoms with E-state index in [1.165, 1.54) is 12.8 Å². The Bertz CT molecular complexity index is 368. The van der Waals surface area contributed by atoms with Crippen LogP contribution in [0.15, 0.2) is 42.2 Å². The molecule has 78 valence electrons. The molecule has 0 N–H and O–H groups in total. The lowest BCUT2D eigenvalue weighted by Gasteiger charge is -2.20. The molecule has 2 aliphatic rings. The van der Waals surface area contributed by atoms with Gasteiger partial charge in [0.25, 0.3) is 0 Å². The maximum Gasteiger partial charge on any atom is -0.00687 e. The first-order valence-electron chi connectivity index (χ1n) is 5.88. The molecule has 0 radical (unpaired) electrons. The van der Waals surface area contributed by atoms with Gasteiger partial charge in [0.1, 0.15) is 0 Å². The standard InChI is InChI=1S/C14H17P/c1-11-7-8-14-13(11)9-10-15(14)12-5-3-2-4-6-12/h2-6,9-11,13-14H,7-8H2,1H3. The van der Waals surface area contributed by atoms with Crippen LogP contribution in [0, 0.1) is 11.8 Å². The summed E-state index contributed by atoms with van der Waals surface area (Å²) in [7, 11) is 0.0122. The van der Waals surface area contributed by atoms with Gasteiger partial charge in [0.15, 0.2) is 0 Å². The van der Waals surface area contributed by atoms with Crippen LogP contribution in [0.1, 0.15) is 19.8 Å². The van der Waals surface area contributed by atoms with Gasteiger partial charge in [0.2, 0.25) is 0 Å². The smallest absolute Gasteiger partial charge is 0.00687 e. The molecule has 0 bridgehead atoms. The van der Waals surface area contributed by atoms with Gasteiger partial charge in [-0.2, -0.15) is 0 Å². The first-order valence-corrected chi connectivity index (χ1v) is 7.36. The maximum absolute atomic E-state index is 2.51. The molecule has 1 aliphatic heterocycles. The molecule has 1 aliphatic carbocycles. The molecular formula is C14H17P. The van der Waals surface area contributed by atoms with Crippen LogP contribution in [0.4, 0.5) is 0 Å². The van der Waals surface area contributed by atoms with Crippen LogP contribution in [0.25, 0.3) is 0 Å². The van der Waals surface area contributed by atoms with E-state index < -0.39 is 0 Å². The summed E-state index contributed by atoms with van der Waals surface area (Å²) in [6, 6.07) is 11.1. The van der Waals surface area contributed by atoms with E-state index in [2.05, 4.69) is 49.1 Å². The highest BCUT2D eigenvalue weighted by molar-refractivity contribution is 7.69. The minimum atomic E-state index is 0.0122. The number of rotatable bonds is 1. The summed E-state index contributed by atoms with van der Waals surface area (Å²) in [6.45, 7) is 2.42. The van der Waals surface area contributed by atoms with E-state index in [-0.39, 0.29) is 7.92 Å². The van der Waals surface area contributed by atoms with Gasteiger partial charge < -0.3 is 0 Å². The third-order valence-corrected chi connectivity index (χ3v) is 6.60. The zero-order valence-electron chi connectivity index (χ0n) is 9.13. The maximum atomic E-state index is 2.51. The highest BCUT2D eigenvalue weighted by atomic mass is 31.1. The molecule has 1 fully saturated rings. The third-order valence-electron chi connectivity index (χ3n) is 3.90. The first kappa shape index (κ1) is 9.60. The Morgan fingerprint density at radius 2 is 1.93 bits per heavy atom. The molecule has 1 aromatic carbocycles. The van der Waals surface area contributed by atoms with E-state index in [9.17, 15) is 0 Å². The van der Waals surface area contributed by atoms with Gasteiger partial charge in [0.05, 0.1) is 0 Å². The van der Waals surface area contributed by atoms with E-state index >= 15 is 0 Å². The normalized spacial score (nSPS) is 38.2. The summed E-state index contributed by atoms with van der Waals surface area (Å²) >= 11 is 0. The Labute approximate surface area is 93.1 Å². The molecule has 0 saturated heterocycles. The molecular weight excluding hydrogens is 199 g/mol. The van der Waals surface area contributed by atoms with Gasteiger partial charge in [-0.3, -0.25) is 0 Å². The number of hydrogen-bond donors (Lipinski definition) is 0. The minimum absolute atomic E-state index is 0.0122. The lowest BCUT2D eigenvalue weighted by molar-refractivity contribution is 0.511. The highest BCUT2D eigenvalue weighted by Gasteiger charge is 2.39. The monoisotopic (exact) mass is 216 g/mol. The van der Waals surface area contributed by atoms with E-state index in [4.69, 9.17) is 0 Å². The zero-order valence-corrected chi connectivity index (χ0v) is 10.0. The van der Waals surface area contributed by atoms with Crippen LogP contribution in [-0.4, -0.2) is 5.66 Å². The third kappa shape index (κ3) is 1.56. The molecule has 15 heavy (non-hydrogen) atoms. The fraction of sp³-hybridized carbons (Fsp3) is 0.429. The number of allylic oxidation sites excluding steroid dienone is 1. The molecule has 1 heterocycles. The van der Waals surface area contributed by atoms with Crippen molar-refractivity contribution in [1.82, 2.24) is 0 Å². The molecule has 0 nitrogen and oxygen atoms in total. The van der Waals surface area contributed by atoms with Crippen LogP contribution in [0.5, 0.6) is 0 Å². The second-order valence-electron chi connectivity index (χ2n) is 4.78. The van der Waals surface area contributed by atoms with Gasteiger partial charge in [-0.25, -0.2) is 0 Å². The Kier molecular flexibility index (Phi) is 2.41. The van der Waals surface area contributed by atoms with Crippen LogP contribution in [0.2, 0.25) is 0 Å². The van der Waals surface area contributed by atoms with Crippen molar-refractivity contribution in [3.63, 3.8) is 0 Å². The summed E-state index contributed by atoms with van der Waals surface area (Å²) in [5.41, 5.74) is 0.956. The van der Waals surface area contributed by atoms with Crippen LogP contribution in [-0.2, 0) is 0 Å². The zero-order chi connectivity index (χ0) is 10.3. The van der Waals surface area contributed by atoms with Crippen molar-refractivity contribution in [2.24, 2.45) is 11.8 Å². The van der Waals surface area contributed by atoms with Crippen molar-refractivity contribution in [2.75, 3.05) is 0 Å². The van der Waals surface area contributed by atoms with E-state index in [1.807, 2.05) is 0 Å². The average molecular weight is 216 g/mol. The molecule has 3 rings (SSSR count). The fourth-order valence-corrected chi connectivity index (χ4v) is 5.89. The lowest BCUT2D eigenvalue weighted by atomic mass is 9.99. The second-order valence-corrected chi connectivity index (χ2v) is 7.08. The Hall–Kier alpha value is -0.610. The number of hydrogen-bond acceptors (Lipinski definition) is 0. The van der Waals surface area contributed by atoms with Gasteiger partial charge in [-0.15, -0.1) is 0 Å². The van der Waals surface area contributed by atoms with Crippen molar-refractivity contribution in [3.05, 3.63) is 42.2 Å². The van der Waals surface area contributed by atoms with Gasteiger partial charge in [-0.1, -0.05) is 49.1 Å². The van der Waals surface area contributed by atoms with Crippen LogP contribution in [0.3, 0.4) is 0 Å². The van der Waals surface area contributed by atoms with E-state index in [0.717, 1.165) is 17.5 Å². The molecule has 1 aromatic rings. The SMILES string of the molecule is CC1CCC2C1C=CP2c1ccccc1. The van der Waals surface area contributed by atoms with Crippen molar-refractivity contribution in [1.29, 1.82) is 0 Å². The quantitative estimate of drug-likeness (QED) is 0.627.